The van der Waals surface area contributed by atoms with Gasteiger partial charge in [-0.1, -0.05) is 334 Å². The van der Waals surface area contributed by atoms with Gasteiger partial charge in [0.15, 0.2) is 6.10 Å². The van der Waals surface area contributed by atoms with Crippen molar-refractivity contribution in [3.8, 4) is 0 Å². The van der Waals surface area contributed by atoms with Crippen LogP contribution in [0.3, 0.4) is 0 Å². The molecule has 0 amide bonds. The Morgan fingerprint density at radius 1 is 0.267 bits per heavy atom. The molecule has 0 saturated heterocycles. The van der Waals surface area contributed by atoms with E-state index in [0.29, 0.717) is 19.3 Å². The maximum absolute atomic E-state index is 12.9. The Hall–Kier alpha value is -2.11. The van der Waals surface area contributed by atoms with Crippen LogP contribution in [-0.4, -0.2) is 37.2 Å². The Kier molecular flexibility index (Phi) is 62.6. The van der Waals surface area contributed by atoms with Crippen molar-refractivity contribution in [2.45, 2.75) is 386 Å². The van der Waals surface area contributed by atoms with Gasteiger partial charge in [-0.25, -0.2) is 0 Å². The minimum absolute atomic E-state index is 0.0677. The van der Waals surface area contributed by atoms with E-state index in [2.05, 4.69) is 45.1 Å². The molecule has 1 unspecified atom stereocenters. The van der Waals surface area contributed by atoms with Crippen LogP contribution in [0.25, 0.3) is 0 Å². The first kappa shape index (κ1) is 72.9. The molecule has 0 aromatic carbocycles. The van der Waals surface area contributed by atoms with E-state index in [4.69, 9.17) is 14.2 Å². The van der Waals surface area contributed by atoms with Crippen molar-refractivity contribution in [3.05, 3.63) is 24.3 Å². The van der Waals surface area contributed by atoms with Crippen molar-refractivity contribution in [2.75, 3.05) is 13.2 Å². The number of hydrogen-bond donors (Lipinski definition) is 0. The van der Waals surface area contributed by atoms with E-state index in [0.717, 1.165) is 64.2 Å². The minimum Gasteiger partial charge on any atom is -0.462 e. The molecule has 0 rings (SSSR count). The molecule has 0 radical (unpaired) electrons. The van der Waals surface area contributed by atoms with Crippen LogP contribution in [0.2, 0.25) is 0 Å². The molecule has 0 aliphatic carbocycles. The van der Waals surface area contributed by atoms with Crippen molar-refractivity contribution < 1.29 is 28.6 Å². The average Bonchev–Trinajstić information content (AvgIpc) is 3.41. The number of esters is 3. The fourth-order valence-corrected chi connectivity index (χ4v) is 10.4. The quantitative estimate of drug-likeness (QED) is 0.0261. The summed E-state index contributed by atoms with van der Waals surface area (Å²) in [7, 11) is 0. The van der Waals surface area contributed by atoms with Crippen molar-refractivity contribution >= 4 is 17.9 Å². The molecule has 0 heterocycles. The summed E-state index contributed by atoms with van der Waals surface area (Å²) < 4.78 is 16.9. The van der Waals surface area contributed by atoms with Gasteiger partial charge in [-0.05, 0) is 51.4 Å². The highest BCUT2D eigenvalue weighted by Gasteiger charge is 2.19. The molecule has 0 N–H and O–H groups in total. The zero-order valence-corrected chi connectivity index (χ0v) is 50.8. The highest BCUT2D eigenvalue weighted by atomic mass is 16.6. The molecule has 0 aliphatic rings. The number of rotatable bonds is 63. The van der Waals surface area contributed by atoms with Crippen LogP contribution >= 0.6 is 0 Å². The number of unbranched alkanes of at least 4 members (excludes halogenated alkanes) is 48. The van der Waals surface area contributed by atoms with E-state index in [1.165, 1.54) is 276 Å². The van der Waals surface area contributed by atoms with Crippen molar-refractivity contribution in [3.63, 3.8) is 0 Å². The number of hydrogen-bond acceptors (Lipinski definition) is 6. The van der Waals surface area contributed by atoms with Gasteiger partial charge in [-0.15, -0.1) is 0 Å². The normalized spacial score (nSPS) is 12.1. The van der Waals surface area contributed by atoms with Crippen molar-refractivity contribution in [2.24, 2.45) is 0 Å². The first-order valence-corrected chi connectivity index (χ1v) is 33.8. The van der Waals surface area contributed by atoms with E-state index in [-0.39, 0.29) is 31.1 Å². The summed E-state index contributed by atoms with van der Waals surface area (Å²) >= 11 is 0. The van der Waals surface area contributed by atoms with Crippen LogP contribution in [0.1, 0.15) is 380 Å². The Labute approximate surface area is 468 Å². The van der Waals surface area contributed by atoms with E-state index in [1.807, 2.05) is 0 Å². The Morgan fingerprint density at radius 2 is 0.480 bits per heavy atom. The standard InChI is InChI=1S/C69H130O6/c1-4-7-10-13-16-18-20-22-24-26-28-30-31-32-33-34-35-36-37-39-40-42-44-46-48-50-53-56-59-62-68(71)74-65-66(64-73-67(70)61-58-55-52-15-12-9-6-3)75-69(72)63-60-57-54-51-49-47-45-43-41-38-29-27-25-23-21-19-17-14-11-8-5-2/h21,23,27,29,66H,4-20,22,24-26,28,30-65H2,1-3H3/b23-21-,29-27-. The third-order valence-electron chi connectivity index (χ3n) is 15.5. The topological polar surface area (TPSA) is 78.9 Å². The van der Waals surface area contributed by atoms with Gasteiger partial charge < -0.3 is 14.2 Å². The average molecular weight is 1060 g/mol. The van der Waals surface area contributed by atoms with Gasteiger partial charge in [0.2, 0.25) is 0 Å². The van der Waals surface area contributed by atoms with Gasteiger partial charge in [-0.3, -0.25) is 14.4 Å². The second-order valence-electron chi connectivity index (χ2n) is 23.1. The van der Waals surface area contributed by atoms with Gasteiger partial charge >= 0.3 is 17.9 Å². The van der Waals surface area contributed by atoms with Gasteiger partial charge in [-0.2, -0.15) is 0 Å². The highest BCUT2D eigenvalue weighted by molar-refractivity contribution is 5.71. The highest BCUT2D eigenvalue weighted by Crippen LogP contribution is 2.18. The lowest BCUT2D eigenvalue weighted by molar-refractivity contribution is -0.167. The van der Waals surface area contributed by atoms with Gasteiger partial charge in [0.1, 0.15) is 13.2 Å². The predicted octanol–water partition coefficient (Wildman–Crippen LogP) is 23.0. The Bertz CT molecular complexity index is 1210. The summed E-state index contributed by atoms with van der Waals surface area (Å²) in [4.78, 5) is 38.1. The molecule has 1 atom stereocenters. The molecule has 442 valence electrons. The summed E-state index contributed by atoms with van der Waals surface area (Å²) in [5.41, 5.74) is 0. The molecule has 0 fully saturated rings. The first-order chi connectivity index (χ1) is 37.0. The number of allylic oxidation sites excluding steroid dienone is 4. The maximum atomic E-state index is 12.9. The SMILES string of the molecule is CCCCCCC/C=C\C/C=C\CCCCCCCCCCCC(=O)OC(COC(=O)CCCCCCCCC)COC(=O)CCCCCCCCCCCCCCCCCCCCCCCCCCCCCCC. The third kappa shape index (κ3) is 62.6. The van der Waals surface area contributed by atoms with E-state index < -0.39 is 6.10 Å². The molecule has 0 spiro atoms. The first-order valence-electron chi connectivity index (χ1n) is 33.8. The molecule has 0 aromatic rings. The van der Waals surface area contributed by atoms with Gasteiger partial charge in [0.05, 0.1) is 0 Å². The van der Waals surface area contributed by atoms with Crippen LogP contribution < -0.4 is 0 Å². The van der Waals surface area contributed by atoms with Crippen LogP contribution in [0, 0.1) is 0 Å². The van der Waals surface area contributed by atoms with E-state index in [1.54, 1.807) is 0 Å². The van der Waals surface area contributed by atoms with Crippen molar-refractivity contribution in [1.29, 1.82) is 0 Å². The Morgan fingerprint density at radius 3 is 0.733 bits per heavy atom. The van der Waals surface area contributed by atoms with E-state index >= 15 is 0 Å². The molecule has 6 heteroatoms. The fourth-order valence-electron chi connectivity index (χ4n) is 10.4. The lowest BCUT2D eigenvalue weighted by Crippen LogP contribution is -2.30. The van der Waals surface area contributed by atoms with Gasteiger partial charge in [0.25, 0.3) is 0 Å². The second kappa shape index (κ2) is 64.4. The molecule has 0 bridgehead atoms. The summed E-state index contributed by atoms with van der Waals surface area (Å²) in [6, 6.07) is 0. The van der Waals surface area contributed by atoms with Crippen LogP contribution in [0.15, 0.2) is 24.3 Å². The summed E-state index contributed by atoms with van der Waals surface area (Å²) in [5, 5.41) is 0. The van der Waals surface area contributed by atoms with Crippen molar-refractivity contribution in [1.82, 2.24) is 0 Å². The molecule has 75 heavy (non-hydrogen) atoms. The molecular weight excluding hydrogens is 925 g/mol. The number of carbonyl (C=O) groups excluding carboxylic acids is 3. The van der Waals surface area contributed by atoms with Crippen LogP contribution in [0.5, 0.6) is 0 Å². The largest absolute Gasteiger partial charge is 0.462 e. The monoisotopic (exact) mass is 1050 g/mol. The molecule has 0 aromatic heterocycles. The lowest BCUT2D eigenvalue weighted by atomic mass is 10.0. The minimum atomic E-state index is -0.768. The van der Waals surface area contributed by atoms with Crippen LogP contribution in [-0.2, 0) is 28.6 Å². The summed E-state index contributed by atoms with van der Waals surface area (Å²) in [6.07, 6.45) is 78.1. The zero-order chi connectivity index (χ0) is 54.3. The molecule has 0 saturated carbocycles. The number of ether oxygens (including phenoxy) is 3. The van der Waals surface area contributed by atoms with Crippen LogP contribution in [0.4, 0.5) is 0 Å². The Balaban J connectivity index is 4.02. The second-order valence-corrected chi connectivity index (χ2v) is 23.1. The molecular formula is C69H130O6. The maximum Gasteiger partial charge on any atom is 0.306 e. The lowest BCUT2D eigenvalue weighted by Gasteiger charge is -2.18. The number of carbonyl (C=O) groups is 3. The summed E-state index contributed by atoms with van der Waals surface area (Å²) in [6.45, 7) is 6.65. The third-order valence-corrected chi connectivity index (χ3v) is 15.5. The molecule has 6 nitrogen and oxygen atoms in total. The van der Waals surface area contributed by atoms with E-state index in [9.17, 15) is 14.4 Å². The van der Waals surface area contributed by atoms with Gasteiger partial charge in [0, 0.05) is 19.3 Å². The summed E-state index contributed by atoms with van der Waals surface area (Å²) in [5.74, 6) is -0.854. The zero-order valence-electron chi connectivity index (χ0n) is 50.8. The smallest absolute Gasteiger partial charge is 0.306 e. The molecule has 0 aliphatic heterocycles. The predicted molar refractivity (Wildman–Crippen MR) is 326 cm³/mol. The fraction of sp³-hybridized carbons (Fsp3) is 0.899.